The highest BCUT2D eigenvalue weighted by molar-refractivity contribution is 5.80. The lowest BCUT2D eigenvalue weighted by molar-refractivity contribution is -0.150. The Bertz CT molecular complexity index is 830. The van der Waals surface area contributed by atoms with Crippen LogP contribution in [0.5, 0.6) is 0 Å². The highest BCUT2D eigenvalue weighted by Gasteiger charge is 2.51. The number of nitrogens with zero attached hydrogens (tertiary/aromatic N) is 3. The van der Waals surface area contributed by atoms with Crippen molar-refractivity contribution in [2.24, 2.45) is 29.6 Å². The quantitative estimate of drug-likeness (QED) is 0.424. The number of likely N-dealkylation sites (N-methyl/N-ethyl adjacent to an activating group) is 2. The Morgan fingerprint density at radius 2 is 1.63 bits per heavy atom. The molecule has 3 saturated heterocycles. The summed E-state index contributed by atoms with van der Waals surface area (Å²) in [5.74, 6) is 3.32. The van der Waals surface area contributed by atoms with Crippen molar-refractivity contribution >= 4 is 5.96 Å². The molecule has 8 unspecified atom stereocenters. The molecule has 7 nitrogen and oxygen atoms in total. The Morgan fingerprint density at radius 1 is 0.947 bits per heavy atom. The Kier molecular flexibility index (Phi) is 8.27. The van der Waals surface area contributed by atoms with Gasteiger partial charge in [0.25, 0.3) is 0 Å². The molecule has 0 aromatic carbocycles. The molecular formula is C28H50F3N7. The van der Waals surface area contributed by atoms with Crippen molar-refractivity contribution in [1.29, 1.82) is 5.41 Å². The van der Waals surface area contributed by atoms with Crippen LogP contribution in [0.15, 0.2) is 0 Å². The van der Waals surface area contributed by atoms with Gasteiger partial charge in [-0.15, -0.1) is 0 Å². The second-order valence-electron chi connectivity index (χ2n) is 13.4. The summed E-state index contributed by atoms with van der Waals surface area (Å²) in [4.78, 5) is 6.29. The van der Waals surface area contributed by atoms with E-state index in [0.29, 0.717) is 23.7 Å². The van der Waals surface area contributed by atoms with E-state index in [4.69, 9.17) is 5.41 Å². The minimum absolute atomic E-state index is 0.0339. The van der Waals surface area contributed by atoms with Gasteiger partial charge in [0.15, 0.2) is 5.96 Å². The molecule has 5 rings (SSSR count). The largest absolute Gasteiger partial charge is 0.405 e. The maximum absolute atomic E-state index is 13.3. The van der Waals surface area contributed by atoms with Crippen LogP contribution >= 0.6 is 0 Å². The van der Waals surface area contributed by atoms with E-state index in [1.54, 1.807) is 0 Å². The first-order chi connectivity index (χ1) is 18.0. The molecular weight excluding hydrogens is 491 g/mol. The third-order valence-corrected chi connectivity index (χ3v) is 10.7. The van der Waals surface area contributed by atoms with Crippen LogP contribution in [0, 0.1) is 35.0 Å². The number of hydrogen-bond acceptors (Lipinski definition) is 5. The van der Waals surface area contributed by atoms with Crippen molar-refractivity contribution in [3.05, 3.63) is 0 Å². The Balaban J connectivity index is 1.21. The molecule has 0 aromatic heterocycles. The zero-order valence-electron chi connectivity index (χ0n) is 23.9. The summed E-state index contributed by atoms with van der Waals surface area (Å²) in [6.07, 6.45) is 5.09. The number of halogens is 3. The van der Waals surface area contributed by atoms with E-state index >= 15 is 0 Å². The number of alkyl halides is 3. The van der Waals surface area contributed by atoms with Gasteiger partial charge in [0.05, 0.1) is 18.4 Å². The first-order valence-electron chi connectivity index (χ1n) is 15.1. The fourth-order valence-electron chi connectivity index (χ4n) is 8.61. The second kappa shape index (κ2) is 11.1. The standard InChI is InChI=1S/C28H50F3N7/c1-16(2)20-8-6-7-9-21(20)24-33-17(3)23-26(35-24)38(27(32)37(23)5)14-18-10-12-19(13-11-18)25-34-22(15-36(25)4)28(29,30)31/h16-26,32-35H,6-15H2,1-5H3. The molecule has 0 amide bonds. The Morgan fingerprint density at radius 3 is 2.26 bits per heavy atom. The molecule has 0 aromatic rings. The molecule has 3 aliphatic heterocycles. The van der Waals surface area contributed by atoms with Gasteiger partial charge in [-0.2, -0.15) is 13.2 Å². The summed E-state index contributed by atoms with van der Waals surface area (Å²) in [5, 5.41) is 19.7. The monoisotopic (exact) mass is 541 g/mol. The molecule has 3 heterocycles. The van der Waals surface area contributed by atoms with Crippen molar-refractivity contribution in [3.63, 3.8) is 0 Å². The van der Waals surface area contributed by atoms with Crippen LogP contribution < -0.4 is 16.0 Å². The maximum atomic E-state index is 13.3. The van der Waals surface area contributed by atoms with Gasteiger partial charge in [-0.3, -0.25) is 26.3 Å². The predicted molar refractivity (Wildman–Crippen MR) is 144 cm³/mol. The van der Waals surface area contributed by atoms with Crippen LogP contribution in [0.1, 0.15) is 72.1 Å². The van der Waals surface area contributed by atoms with Crippen LogP contribution in [0.4, 0.5) is 13.2 Å². The van der Waals surface area contributed by atoms with Crippen molar-refractivity contribution in [3.8, 4) is 0 Å². The lowest BCUT2D eigenvalue weighted by atomic mass is 9.71. The number of nitrogens with one attached hydrogen (secondary N) is 4. The zero-order valence-corrected chi connectivity index (χ0v) is 23.9. The first-order valence-corrected chi connectivity index (χ1v) is 15.1. The fraction of sp³-hybridized carbons (Fsp3) is 0.964. The van der Waals surface area contributed by atoms with E-state index in [1.165, 1.54) is 25.7 Å². The lowest BCUT2D eigenvalue weighted by Gasteiger charge is -2.48. The van der Waals surface area contributed by atoms with Gasteiger partial charge in [0.1, 0.15) is 12.2 Å². The van der Waals surface area contributed by atoms with Gasteiger partial charge in [-0.1, -0.05) is 26.7 Å². The molecule has 0 bridgehead atoms. The summed E-state index contributed by atoms with van der Waals surface area (Å²) >= 11 is 0. The van der Waals surface area contributed by atoms with Crippen LogP contribution in [-0.4, -0.2) is 90.6 Å². The van der Waals surface area contributed by atoms with Gasteiger partial charge in [0.2, 0.25) is 0 Å². The van der Waals surface area contributed by atoms with Crippen molar-refractivity contribution in [2.45, 2.75) is 115 Å². The van der Waals surface area contributed by atoms with Crippen molar-refractivity contribution in [2.75, 3.05) is 27.2 Å². The normalized spacial score (nSPS) is 43.2. The molecule has 4 N–H and O–H groups in total. The highest BCUT2D eigenvalue weighted by Crippen LogP contribution is 2.40. The van der Waals surface area contributed by atoms with E-state index in [1.807, 2.05) is 19.0 Å². The Hall–Kier alpha value is -1.10. The second-order valence-corrected chi connectivity index (χ2v) is 13.4. The van der Waals surface area contributed by atoms with E-state index in [2.05, 4.69) is 46.5 Å². The van der Waals surface area contributed by atoms with Crippen LogP contribution in [0.25, 0.3) is 0 Å². The molecule has 10 heteroatoms. The van der Waals surface area contributed by atoms with E-state index in [9.17, 15) is 13.2 Å². The SMILES string of the molecule is CC(C)C1CCCCC1C1NC(C)C2C(N1)N(CC1CCC(C3NC(C(F)(F)F)CN3C)CC1)C(=N)N2C. The molecule has 2 aliphatic carbocycles. The van der Waals surface area contributed by atoms with Crippen molar-refractivity contribution < 1.29 is 13.2 Å². The number of guanidine groups is 1. The minimum Gasteiger partial charge on any atom is -0.338 e. The Labute approximate surface area is 227 Å². The molecule has 5 fully saturated rings. The molecule has 38 heavy (non-hydrogen) atoms. The number of fused-ring (bicyclic) bond motifs is 1. The average Bonchev–Trinajstić information content (AvgIpc) is 3.38. The molecule has 218 valence electrons. The molecule has 2 saturated carbocycles. The first kappa shape index (κ1) is 28.4. The molecule has 0 spiro atoms. The average molecular weight is 542 g/mol. The molecule has 5 aliphatic rings. The third-order valence-electron chi connectivity index (χ3n) is 10.7. The van der Waals surface area contributed by atoms with Gasteiger partial charge in [-0.25, -0.2) is 0 Å². The zero-order chi connectivity index (χ0) is 27.4. The molecule has 8 atom stereocenters. The lowest BCUT2D eigenvalue weighted by Crippen LogP contribution is -2.70. The number of hydrogen-bond donors (Lipinski definition) is 4. The van der Waals surface area contributed by atoms with Gasteiger partial charge < -0.3 is 9.80 Å². The summed E-state index contributed by atoms with van der Waals surface area (Å²) in [7, 11) is 3.86. The van der Waals surface area contributed by atoms with Crippen LogP contribution in [0.3, 0.4) is 0 Å². The van der Waals surface area contributed by atoms with E-state index in [-0.39, 0.29) is 43.0 Å². The van der Waals surface area contributed by atoms with Gasteiger partial charge >= 0.3 is 6.18 Å². The van der Waals surface area contributed by atoms with E-state index < -0.39 is 12.2 Å². The van der Waals surface area contributed by atoms with Crippen LogP contribution in [0.2, 0.25) is 0 Å². The summed E-state index contributed by atoms with van der Waals surface area (Å²) in [5.41, 5.74) is 0. The van der Waals surface area contributed by atoms with E-state index in [0.717, 1.165) is 38.1 Å². The smallest absolute Gasteiger partial charge is 0.338 e. The topological polar surface area (TPSA) is 69.7 Å². The van der Waals surface area contributed by atoms with Crippen LogP contribution in [-0.2, 0) is 0 Å². The maximum Gasteiger partial charge on any atom is 0.405 e. The minimum atomic E-state index is -4.19. The van der Waals surface area contributed by atoms with Gasteiger partial charge in [-0.05, 0) is 82.1 Å². The summed E-state index contributed by atoms with van der Waals surface area (Å²) in [6.45, 7) is 7.88. The summed E-state index contributed by atoms with van der Waals surface area (Å²) < 4.78 is 39.8. The third kappa shape index (κ3) is 5.44. The molecule has 0 radical (unpaired) electrons. The predicted octanol–water partition coefficient (Wildman–Crippen LogP) is 3.83. The van der Waals surface area contributed by atoms with Gasteiger partial charge in [0, 0.05) is 26.2 Å². The fourth-order valence-corrected chi connectivity index (χ4v) is 8.61. The number of rotatable bonds is 5. The summed E-state index contributed by atoms with van der Waals surface area (Å²) in [6, 6.07) is -0.919. The van der Waals surface area contributed by atoms with Crippen molar-refractivity contribution in [1.82, 2.24) is 30.7 Å². The highest BCUT2D eigenvalue weighted by atomic mass is 19.4.